The van der Waals surface area contributed by atoms with Crippen LogP contribution >= 0.6 is 24.2 Å². The molecule has 3 N–H and O–H groups in total. The quantitative estimate of drug-likeness (QED) is 0.841. The molecule has 0 unspecified atom stereocenters. The van der Waals surface area contributed by atoms with Crippen molar-refractivity contribution in [1.29, 1.82) is 0 Å². The molecule has 106 valence electrons. The zero-order valence-corrected chi connectivity index (χ0v) is 12.8. The van der Waals surface area contributed by atoms with Gasteiger partial charge in [-0.15, -0.1) is 24.2 Å². The summed E-state index contributed by atoms with van der Waals surface area (Å²) in [4.78, 5) is 13.4. The van der Waals surface area contributed by atoms with Crippen LogP contribution in [-0.2, 0) is 4.79 Å². The monoisotopic (exact) mass is 300 g/mol. The third kappa shape index (κ3) is 4.13. The Morgan fingerprint density at radius 3 is 2.32 bits per heavy atom. The van der Waals surface area contributed by atoms with Crippen molar-refractivity contribution in [3.05, 3.63) is 24.3 Å². The number of anilines is 1. The average Bonchev–Trinajstić information content (AvgIpc) is 2.40. The van der Waals surface area contributed by atoms with Gasteiger partial charge in [-0.1, -0.05) is 19.3 Å². The van der Waals surface area contributed by atoms with Crippen molar-refractivity contribution in [2.24, 2.45) is 5.73 Å². The van der Waals surface area contributed by atoms with E-state index in [1.165, 1.54) is 11.3 Å². The Morgan fingerprint density at radius 1 is 1.21 bits per heavy atom. The first-order chi connectivity index (χ1) is 8.64. The minimum atomic E-state index is -0.670. The lowest BCUT2D eigenvalue weighted by molar-refractivity contribution is -0.122. The van der Waals surface area contributed by atoms with E-state index in [0.29, 0.717) is 0 Å². The van der Waals surface area contributed by atoms with Crippen LogP contribution in [0.1, 0.15) is 32.1 Å². The topological polar surface area (TPSA) is 55.1 Å². The van der Waals surface area contributed by atoms with Crippen molar-refractivity contribution in [3.63, 3.8) is 0 Å². The highest BCUT2D eigenvalue weighted by Crippen LogP contribution is 2.27. The van der Waals surface area contributed by atoms with Crippen molar-refractivity contribution in [2.45, 2.75) is 42.5 Å². The standard InChI is InChI=1S/C14H20N2OS.ClH/c1-18-12-7-5-11(6-8-12)16-13(17)14(15)9-3-2-4-10-14;/h5-8H,2-4,9-10,15H2,1H3,(H,16,17);1H. The Morgan fingerprint density at radius 2 is 1.79 bits per heavy atom. The minimum absolute atomic E-state index is 0. The van der Waals surface area contributed by atoms with E-state index in [1.54, 1.807) is 11.8 Å². The molecule has 1 fully saturated rings. The lowest BCUT2D eigenvalue weighted by Crippen LogP contribution is -2.52. The molecule has 1 aliphatic carbocycles. The number of benzene rings is 1. The van der Waals surface area contributed by atoms with E-state index >= 15 is 0 Å². The number of rotatable bonds is 3. The molecule has 0 radical (unpaired) electrons. The summed E-state index contributed by atoms with van der Waals surface area (Å²) in [5.41, 5.74) is 6.35. The van der Waals surface area contributed by atoms with Crippen molar-refractivity contribution in [2.75, 3.05) is 11.6 Å². The summed E-state index contributed by atoms with van der Waals surface area (Å²) < 4.78 is 0. The molecule has 0 heterocycles. The van der Waals surface area contributed by atoms with Gasteiger partial charge in [0, 0.05) is 10.6 Å². The van der Waals surface area contributed by atoms with E-state index in [4.69, 9.17) is 5.73 Å². The molecule has 1 aromatic rings. The van der Waals surface area contributed by atoms with Crippen LogP contribution in [0.4, 0.5) is 5.69 Å². The highest BCUT2D eigenvalue weighted by molar-refractivity contribution is 7.98. The van der Waals surface area contributed by atoms with Gasteiger partial charge in [0.05, 0.1) is 5.54 Å². The molecule has 5 heteroatoms. The van der Waals surface area contributed by atoms with Crippen LogP contribution in [0, 0.1) is 0 Å². The fourth-order valence-electron chi connectivity index (χ4n) is 2.34. The van der Waals surface area contributed by atoms with Gasteiger partial charge in [0.2, 0.25) is 5.91 Å². The predicted molar refractivity (Wildman–Crippen MR) is 84.1 cm³/mol. The van der Waals surface area contributed by atoms with Crippen LogP contribution in [-0.4, -0.2) is 17.7 Å². The van der Waals surface area contributed by atoms with Crippen LogP contribution in [0.2, 0.25) is 0 Å². The van der Waals surface area contributed by atoms with Gasteiger partial charge >= 0.3 is 0 Å². The van der Waals surface area contributed by atoms with E-state index in [2.05, 4.69) is 5.32 Å². The zero-order valence-electron chi connectivity index (χ0n) is 11.1. The highest BCUT2D eigenvalue weighted by atomic mass is 35.5. The van der Waals surface area contributed by atoms with Crippen molar-refractivity contribution < 1.29 is 4.79 Å². The molecule has 0 aliphatic heterocycles. The first-order valence-corrected chi connectivity index (χ1v) is 7.61. The van der Waals surface area contributed by atoms with Gasteiger partial charge in [-0.2, -0.15) is 0 Å². The zero-order chi connectivity index (χ0) is 13.0. The summed E-state index contributed by atoms with van der Waals surface area (Å²) in [5, 5.41) is 2.93. The molecule has 0 atom stereocenters. The molecule has 19 heavy (non-hydrogen) atoms. The summed E-state index contributed by atoms with van der Waals surface area (Å²) in [5.74, 6) is -0.0425. The molecule has 1 amide bonds. The van der Waals surface area contributed by atoms with Crippen molar-refractivity contribution in [1.82, 2.24) is 0 Å². The van der Waals surface area contributed by atoms with Crippen molar-refractivity contribution in [3.8, 4) is 0 Å². The average molecular weight is 301 g/mol. The number of thioether (sulfide) groups is 1. The fourth-order valence-corrected chi connectivity index (χ4v) is 2.75. The first-order valence-electron chi connectivity index (χ1n) is 6.38. The van der Waals surface area contributed by atoms with Gasteiger partial charge in [-0.25, -0.2) is 0 Å². The number of nitrogens with one attached hydrogen (secondary N) is 1. The molecule has 1 saturated carbocycles. The lowest BCUT2D eigenvalue weighted by atomic mass is 9.82. The van der Waals surface area contributed by atoms with Crippen molar-refractivity contribution >= 4 is 35.8 Å². The molecular weight excluding hydrogens is 280 g/mol. The Hall–Kier alpha value is -0.710. The molecule has 1 aliphatic rings. The van der Waals surface area contributed by atoms with Gasteiger partial charge in [-0.3, -0.25) is 4.79 Å². The number of nitrogens with two attached hydrogens (primary N) is 1. The number of hydrogen-bond donors (Lipinski definition) is 2. The van der Waals surface area contributed by atoms with E-state index in [1.807, 2.05) is 30.5 Å². The molecule has 0 bridgehead atoms. The Balaban J connectivity index is 0.00000180. The molecule has 0 saturated heterocycles. The second-order valence-corrected chi connectivity index (χ2v) is 5.78. The fraction of sp³-hybridized carbons (Fsp3) is 0.500. The maximum Gasteiger partial charge on any atom is 0.244 e. The Bertz CT molecular complexity index is 416. The Kier molecular flexibility index (Phi) is 6.17. The van der Waals surface area contributed by atoms with Crippen LogP contribution in [0.25, 0.3) is 0 Å². The maximum absolute atomic E-state index is 12.2. The summed E-state index contributed by atoms with van der Waals surface area (Å²) in [6, 6.07) is 7.86. The molecule has 0 spiro atoms. The second-order valence-electron chi connectivity index (χ2n) is 4.90. The normalized spacial score (nSPS) is 17.4. The van der Waals surface area contributed by atoms with E-state index < -0.39 is 5.54 Å². The van der Waals surface area contributed by atoms with Crippen LogP contribution in [0.3, 0.4) is 0 Å². The number of carbonyl (C=O) groups is 1. The van der Waals surface area contributed by atoms with Crippen LogP contribution in [0.15, 0.2) is 29.2 Å². The molecular formula is C14H21ClN2OS. The third-order valence-corrected chi connectivity index (χ3v) is 4.29. The number of carbonyl (C=O) groups excluding carboxylic acids is 1. The maximum atomic E-state index is 12.2. The molecule has 1 aromatic carbocycles. The second kappa shape index (κ2) is 7.17. The number of hydrogen-bond acceptors (Lipinski definition) is 3. The van der Waals surface area contributed by atoms with Crippen LogP contribution in [0.5, 0.6) is 0 Å². The summed E-state index contributed by atoms with van der Waals surface area (Å²) in [6.45, 7) is 0. The lowest BCUT2D eigenvalue weighted by Gasteiger charge is -2.31. The third-order valence-electron chi connectivity index (χ3n) is 3.55. The minimum Gasteiger partial charge on any atom is -0.324 e. The highest BCUT2D eigenvalue weighted by Gasteiger charge is 2.35. The van der Waals surface area contributed by atoms with Gasteiger partial charge < -0.3 is 11.1 Å². The van der Waals surface area contributed by atoms with Gasteiger partial charge in [0.25, 0.3) is 0 Å². The van der Waals surface area contributed by atoms with Gasteiger partial charge in [0.1, 0.15) is 0 Å². The van der Waals surface area contributed by atoms with E-state index in [-0.39, 0.29) is 18.3 Å². The smallest absolute Gasteiger partial charge is 0.244 e. The summed E-state index contributed by atoms with van der Waals surface area (Å²) in [6.07, 6.45) is 6.91. The van der Waals surface area contributed by atoms with E-state index in [9.17, 15) is 4.79 Å². The number of halogens is 1. The predicted octanol–water partition coefficient (Wildman–Crippen LogP) is 3.43. The summed E-state index contributed by atoms with van der Waals surface area (Å²) in [7, 11) is 0. The summed E-state index contributed by atoms with van der Waals surface area (Å²) >= 11 is 1.69. The Labute approximate surface area is 125 Å². The SMILES string of the molecule is CSc1ccc(NC(=O)C2(N)CCCCC2)cc1.Cl. The van der Waals surface area contributed by atoms with Gasteiger partial charge in [-0.05, 0) is 43.4 Å². The number of amides is 1. The molecule has 3 nitrogen and oxygen atoms in total. The van der Waals surface area contributed by atoms with Gasteiger partial charge in [0.15, 0.2) is 0 Å². The molecule has 0 aromatic heterocycles. The largest absolute Gasteiger partial charge is 0.324 e. The molecule has 2 rings (SSSR count). The first kappa shape index (κ1) is 16.3. The van der Waals surface area contributed by atoms with Crippen LogP contribution < -0.4 is 11.1 Å². The van der Waals surface area contributed by atoms with E-state index in [0.717, 1.165) is 31.4 Å².